The highest BCUT2D eigenvalue weighted by Gasteiger charge is 2.35. The Kier molecular flexibility index (Phi) is 4.14. The Hall–Kier alpha value is -0.780. The first-order valence-electron chi connectivity index (χ1n) is 7.56. The van der Waals surface area contributed by atoms with E-state index >= 15 is 0 Å². The fourth-order valence-electron chi connectivity index (χ4n) is 3.86. The second-order valence-corrected chi connectivity index (χ2v) is 6.59. The van der Waals surface area contributed by atoms with Crippen LogP contribution in [0.4, 0.5) is 0 Å². The highest BCUT2D eigenvalue weighted by atomic mass is 14.4. The molecular weight excluding hydrogens is 216 g/mol. The van der Waals surface area contributed by atoms with E-state index in [2.05, 4.69) is 52.8 Å². The van der Waals surface area contributed by atoms with E-state index in [9.17, 15) is 0 Å². The van der Waals surface area contributed by atoms with Crippen LogP contribution in [-0.2, 0) is 0 Å². The van der Waals surface area contributed by atoms with E-state index in [1.54, 1.807) is 11.1 Å². The van der Waals surface area contributed by atoms with Crippen molar-refractivity contribution in [1.82, 2.24) is 0 Å². The van der Waals surface area contributed by atoms with Gasteiger partial charge in [-0.15, -0.1) is 0 Å². The van der Waals surface area contributed by atoms with E-state index in [-0.39, 0.29) is 0 Å². The van der Waals surface area contributed by atoms with Crippen molar-refractivity contribution in [2.75, 3.05) is 0 Å². The Morgan fingerprint density at radius 3 is 2.56 bits per heavy atom. The molecule has 0 aliphatic heterocycles. The summed E-state index contributed by atoms with van der Waals surface area (Å²) in [5.41, 5.74) is 4.75. The summed E-state index contributed by atoms with van der Waals surface area (Å²) in [6.07, 6.45) is 11.5. The predicted octanol–water partition coefficient (Wildman–Crippen LogP) is 5.53. The summed E-state index contributed by atoms with van der Waals surface area (Å²) in [5.74, 6) is 3.09. The molecule has 100 valence electrons. The molecule has 0 amide bonds. The van der Waals surface area contributed by atoms with E-state index in [0.717, 1.165) is 17.8 Å². The van der Waals surface area contributed by atoms with Crippen molar-refractivity contribution in [3.05, 3.63) is 34.9 Å². The molecule has 0 bridgehead atoms. The van der Waals surface area contributed by atoms with Crippen LogP contribution in [0.1, 0.15) is 53.9 Å². The smallest absolute Gasteiger partial charge is 0.00226 e. The normalized spacial score (nSPS) is 38.1. The van der Waals surface area contributed by atoms with E-state index in [1.807, 2.05) is 0 Å². The Labute approximate surface area is 113 Å². The molecule has 2 aliphatic rings. The Balaban J connectivity index is 2.37. The Bertz CT molecular complexity index is 390. The maximum Gasteiger partial charge on any atom is 0.00226 e. The average molecular weight is 244 g/mol. The summed E-state index contributed by atoms with van der Waals surface area (Å²) < 4.78 is 0. The zero-order valence-corrected chi connectivity index (χ0v) is 12.7. The molecule has 2 aliphatic carbocycles. The van der Waals surface area contributed by atoms with E-state index in [0.29, 0.717) is 5.92 Å². The molecule has 0 aromatic heterocycles. The summed E-state index contributed by atoms with van der Waals surface area (Å²) in [7, 11) is 0. The maximum atomic E-state index is 2.56. The van der Waals surface area contributed by atoms with Gasteiger partial charge in [0, 0.05) is 5.92 Å². The van der Waals surface area contributed by atoms with Gasteiger partial charge in [0.05, 0.1) is 0 Å². The topological polar surface area (TPSA) is 0 Å². The monoisotopic (exact) mass is 244 g/mol. The molecule has 1 saturated carbocycles. The van der Waals surface area contributed by atoms with Crippen LogP contribution in [-0.4, -0.2) is 0 Å². The number of allylic oxidation sites excluding steroid dienone is 6. The standard InChI is InChI=1S/C18H28/c1-6-16-15(9-12(2)3)11-14(5)17-8-7-13(4)10-18(16)17/h6,9-10,13-15,17H,7-8,11H2,1-5H3/b16-6+/t13-,14-,15+,17+/m1/s1. The molecule has 0 nitrogen and oxygen atoms in total. The molecule has 0 N–H and O–H groups in total. The first kappa shape index (κ1) is 13.6. The van der Waals surface area contributed by atoms with Gasteiger partial charge in [-0.2, -0.15) is 0 Å². The third kappa shape index (κ3) is 2.63. The molecule has 0 aromatic rings. The molecule has 0 spiro atoms. The molecule has 0 heterocycles. The van der Waals surface area contributed by atoms with Crippen LogP contribution in [0.25, 0.3) is 0 Å². The van der Waals surface area contributed by atoms with Gasteiger partial charge in [0.1, 0.15) is 0 Å². The number of hydrogen-bond donors (Lipinski definition) is 0. The molecule has 1 fully saturated rings. The highest BCUT2D eigenvalue weighted by molar-refractivity contribution is 5.41. The van der Waals surface area contributed by atoms with Gasteiger partial charge < -0.3 is 0 Å². The van der Waals surface area contributed by atoms with Crippen LogP contribution in [0.2, 0.25) is 0 Å². The quantitative estimate of drug-likeness (QED) is 0.532. The molecular formula is C18H28. The SMILES string of the molecule is C/C=C1/C2=C[C@H](C)CC[C@H]2[C@H](C)C[C@@H]1C=C(C)C. The molecule has 18 heavy (non-hydrogen) atoms. The predicted molar refractivity (Wildman–Crippen MR) is 80.4 cm³/mol. The van der Waals surface area contributed by atoms with Gasteiger partial charge in [-0.25, -0.2) is 0 Å². The molecule has 0 radical (unpaired) electrons. The fourth-order valence-corrected chi connectivity index (χ4v) is 3.86. The number of fused-ring (bicyclic) bond motifs is 1. The lowest BCUT2D eigenvalue weighted by molar-refractivity contribution is 0.283. The van der Waals surface area contributed by atoms with Crippen LogP contribution in [0.15, 0.2) is 34.9 Å². The van der Waals surface area contributed by atoms with Gasteiger partial charge in [0.25, 0.3) is 0 Å². The summed E-state index contributed by atoms with van der Waals surface area (Å²) in [6, 6.07) is 0. The first-order chi connectivity index (χ1) is 8.52. The minimum absolute atomic E-state index is 0.655. The minimum Gasteiger partial charge on any atom is -0.0836 e. The van der Waals surface area contributed by atoms with Crippen molar-refractivity contribution in [3.8, 4) is 0 Å². The van der Waals surface area contributed by atoms with Crippen molar-refractivity contribution < 1.29 is 0 Å². The van der Waals surface area contributed by atoms with E-state index in [4.69, 9.17) is 0 Å². The van der Waals surface area contributed by atoms with Gasteiger partial charge in [-0.3, -0.25) is 0 Å². The second-order valence-electron chi connectivity index (χ2n) is 6.59. The summed E-state index contributed by atoms with van der Waals surface area (Å²) in [5, 5.41) is 0. The van der Waals surface area contributed by atoms with Crippen LogP contribution in [0, 0.1) is 23.7 Å². The number of rotatable bonds is 1. The van der Waals surface area contributed by atoms with Gasteiger partial charge in [0.15, 0.2) is 0 Å². The average Bonchev–Trinajstić information content (AvgIpc) is 2.28. The number of hydrogen-bond acceptors (Lipinski definition) is 0. The lowest BCUT2D eigenvalue weighted by atomic mass is 9.64. The Morgan fingerprint density at radius 1 is 1.22 bits per heavy atom. The molecule has 4 atom stereocenters. The van der Waals surface area contributed by atoms with Gasteiger partial charge in [-0.1, -0.05) is 37.6 Å². The van der Waals surface area contributed by atoms with Crippen LogP contribution < -0.4 is 0 Å². The van der Waals surface area contributed by atoms with Gasteiger partial charge >= 0.3 is 0 Å². The summed E-state index contributed by atoms with van der Waals surface area (Å²) in [6.45, 7) is 11.5. The van der Waals surface area contributed by atoms with E-state index < -0.39 is 0 Å². The molecule has 0 unspecified atom stereocenters. The fraction of sp³-hybridized carbons (Fsp3) is 0.667. The molecule has 2 rings (SSSR count). The third-order valence-corrected chi connectivity index (χ3v) is 4.69. The molecule has 0 aromatic carbocycles. The van der Waals surface area contributed by atoms with Crippen LogP contribution in [0.5, 0.6) is 0 Å². The zero-order chi connectivity index (χ0) is 13.3. The minimum atomic E-state index is 0.655. The highest BCUT2D eigenvalue weighted by Crippen LogP contribution is 2.47. The van der Waals surface area contributed by atoms with Crippen molar-refractivity contribution in [2.24, 2.45) is 23.7 Å². The van der Waals surface area contributed by atoms with Gasteiger partial charge in [-0.05, 0) is 68.9 Å². The van der Waals surface area contributed by atoms with Crippen molar-refractivity contribution in [1.29, 1.82) is 0 Å². The van der Waals surface area contributed by atoms with Crippen molar-refractivity contribution in [2.45, 2.75) is 53.9 Å². The lowest BCUT2D eigenvalue weighted by Crippen LogP contribution is -2.29. The molecule has 0 heteroatoms. The second kappa shape index (κ2) is 5.47. The van der Waals surface area contributed by atoms with Crippen molar-refractivity contribution in [3.63, 3.8) is 0 Å². The maximum absolute atomic E-state index is 2.56. The third-order valence-electron chi connectivity index (χ3n) is 4.69. The zero-order valence-electron chi connectivity index (χ0n) is 12.7. The van der Waals surface area contributed by atoms with Crippen LogP contribution in [0.3, 0.4) is 0 Å². The Morgan fingerprint density at radius 2 is 1.94 bits per heavy atom. The first-order valence-corrected chi connectivity index (χ1v) is 7.56. The van der Waals surface area contributed by atoms with Crippen LogP contribution >= 0.6 is 0 Å². The van der Waals surface area contributed by atoms with Crippen molar-refractivity contribution >= 4 is 0 Å². The summed E-state index contributed by atoms with van der Waals surface area (Å²) in [4.78, 5) is 0. The molecule has 0 saturated heterocycles. The lowest BCUT2D eigenvalue weighted by Gasteiger charge is -2.41. The largest absolute Gasteiger partial charge is 0.0836 e. The van der Waals surface area contributed by atoms with Gasteiger partial charge in [0.2, 0.25) is 0 Å². The van der Waals surface area contributed by atoms with E-state index in [1.165, 1.54) is 24.8 Å². The summed E-state index contributed by atoms with van der Waals surface area (Å²) >= 11 is 0.